The smallest absolute Gasteiger partial charge is 0.255 e. The first-order chi connectivity index (χ1) is 13.9. The van der Waals surface area contributed by atoms with Crippen LogP contribution in [0.4, 0.5) is 15.8 Å². The van der Waals surface area contributed by atoms with Crippen molar-refractivity contribution < 1.29 is 18.7 Å². The quantitative estimate of drug-likeness (QED) is 0.603. The molecule has 0 bridgehead atoms. The summed E-state index contributed by atoms with van der Waals surface area (Å²) in [6.45, 7) is 0. The highest BCUT2D eigenvalue weighted by molar-refractivity contribution is 6.31. The van der Waals surface area contributed by atoms with E-state index in [1.165, 1.54) is 18.2 Å². The lowest BCUT2D eigenvalue weighted by Gasteiger charge is -2.09. The highest BCUT2D eigenvalue weighted by Gasteiger charge is 2.10. The van der Waals surface area contributed by atoms with Gasteiger partial charge in [0.15, 0.2) is 0 Å². The lowest BCUT2D eigenvalue weighted by Crippen LogP contribution is -2.16. The molecule has 29 heavy (non-hydrogen) atoms. The zero-order chi connectivity index (χ0) is 20.8. The summed E-state index contributed by atoms with van der Waals surface area (Å²) >= 11 is 5.73. The van der Waals surface area contributed by atoms with Crippen LogP contribution in [0.5, 0.6) is 5.75 Å². The fraction of sp³-hybridized carbons (Fsp3) is 0.0909. The van der Waals surface area contributed by atoms with E-state index < -0.39 is 11.7 Å². The molecule has 0 aromatic heterocycles. The van der Waals surface area contributed by atoms with Gasteiger partial charge < -0.3 is 15.4 Å². The van der Waals surface area contributed by atoms with Crippen LogP contribution in [0, 0.1) is 5.82 Å². The molecule has 3 aromatic rings. The van der Waals surface area contributed by atoms with Gasteiger partial charge in [0.1, 0.15) is 11.6 Å². The molecular formula is C22H18ClFN2O3. The third-order valence-electron chi connectivity index (χ3n) is 4.11. The summed E-state index contributed by atoms with van der Waals surface area (Å²) in [4.78, 5) is 24.7. The van der Waals surface area contributed by atoms with E-state index in [1.54, 1.807) is 43.5 Å². The van der Waals surface area contributed by atoms with Crippen molar-refractivity contribution in [3.8, 4) is 5.75 Å². The van der Waals surface area contributed by atoms with Gasteiger partial charge in [0, 0.05) is 16.9 Å². The summed E-state index contributed by atoms with van der Waals surface area (Å²) in [6, 6.07) is 17.7. The second-order valence-electron chi connectivity index (χ2n) is 6.24. The van der Waals surface area contributed by atoms with Gasteiger partial charge in [-0.1, -0.05) is 29.8 Å². The molecule has 0 aliphatic carbocycles. The Balaban J connectivity index is 1.64. The van der Waals surface area contributed by atoms with Gasteiger partial charge in [0.05, 0.1) is 18.6 Å². The van der Waals surface area contributed by atoms with Crippen molar-refractivity contribution in [1.29, 1.82) is 0 Å². The van der Waals surface area contributed by atoms with Gasteiger partial charge in [-0.3, -0.25) is 9.59 Å². The molecule has 2 N–H and O–H groups in total. The van der Waals surface area contributed by atoms with Crippen LogP contribution >= 0.6 is 11.6 Å². The zero-order valence-electron chi connectivity index (χ0n) is 15.5. The van der Waals surface area contributed by atoms with E-state index in [9.17, 15) is 14.0 Å². The van der Waals surface area contributed by atoms with Crippen molar-refractivity contribution in [2.24, 2.45) is 0 Å². The van der Waals surface area contributed by atoms with Gasteiger partial charge in [0.2, 0.25) is 5.91 Å². The van der Waals surface area contributed by atoms with Crippen LogP contribution in [0.25, 0.3) is 0 Å². The molecule has 0 spiro atoms. The predicted octanol–water partition coefficient (Wildman–Crippen LogP) is 4.92. The summed E-state index contributed by atoms with van der Waals surface area (Å²) in [5, 5.41) is 5.34. The summed E-state index contributed by atoms with van der Waals surface area (Å²) in [5.41, 5.74) is 2.04. The van der Waals surface area contributed by atoms with E-state index in [1.807, 2.05) is 12.1 Å². The topological polar surface area (TPSA) is 67.4 Å². The van der Waals surface area contributed by atoms with E-state index in [2.05, 4.69) is 10.6 Å². The average molecular weight is 413 g/mol. The van der Waals surface area contributed by atoms with Gasteiger partial charge >= 0.3 is 0 Å². The molecule has 5 nitrogen and oxygen atoms in total. The van der Waals surface area contributed by atoms with Crippen molar-refractivity contribution in [3.05, 3.63) is 88.7 Å². The number of carbonyl (C=O) groups excluding carboxylic acids is 2. The Labute approximate surface area is 172 Å². The number of anilines is 2. The molecule has 7 heteroatoms. The molecule has 0 saturated heterocycles. The Kier molecular flexibility index (Phi) is 6.46. The summed E-state index contributed by atoms with van der Waals surface area (Å²) in [6.07, 6.45) is 0.189. The first-order valence-electron chi connectivity index (χ1n) is 8.74. The number of rotatable bonds is 6. The molecule has 3 rings (SSSR count). The standard InChI is InChI=1S/C22H18ClFN2O3/c1-29-18-8-5-14(6-9-18)11-21(27)25-16-4-2-3-15(12-16)22(28)26-17-7-10-20(24)19(23)13-17/h2-10,12-13H,11H2,1H3,(H,25,27)(H,26,28). The van der Waals surface area contributed by atoms with E-state index in [0.717, 1.165) is 11.3 Å². The second-order valence-corrected chi connectivity index (χ2v) is 6.64. The normalized spacial score (nSPS) is 10.3. The largest absolute Gasteiger partial charge is 0.497 e. The van der Waals surface area contributed by atoms with Crippen LogP contribution < -0.4 is 15.4 Å². The number of hydrogen-bond acceptors (Lipinski definition) is 3. The third-order valence-corrected chi connectivity index (χ3v) is 4.40. The maximum absolute atomic E-state index is 13.2. The minimum atomic E-state index is -0.564. The molecule has 0 fully saturated rings. The summed E-state index contributed by atoms with van der Waals surface area (Å²) in [7, 11) is 1.58. The van der Waals surface area contributed by atoms with E-state index in [-0.39, 0.29) is 17.4 Å². The predicted molar refractivity (Wildman–Crippen MR) is 111 cm³/mol. The van der Waals surface area contributed by atoms with E-state index in [4.69, 9.17) is 16.3 Å². The fourth-order valence-electron chi connectivity index (χ4n) is 2.65. The first kappa shape index (κ1) is 20.4. The van der Waals surface area contributed by atoms with Crippen molar-refractivity contribution >= 4 is 34.8 Å². The summed E-state index contributed by atoms with van der Waals surface area (Å²) in [5.74, 6) is -0.460. The molecule has 0 unspecified atom stereocenters. The average Bonchev–Trinajstić information content (AvgIpc) is 2.71. The third kappa shape index (κ3) is 5.56. The molecule has 0 atom stereocenters. The maximum Gasteiger partial charge on any atom is 0.255 e. The molecule has 0 aliphatic rings. The molecule has 0 heterocycles. The van der Waals surface area contributed by atoms with Crippen molar-refractivity contribution in [3.63, 3.8) is 0 Å². The highest BCUT2D eigenvalue weighted by atomic mass is 35.5. The second kappa shape index (κ2) is 9.21. The lowest BCUT2D eigenvalue weighted by atomic mass is 10.1. The maximum atomic E-state index is 13.2. The van der Waals surface area contributed by atoms with Gasteiger partial charge in [-0.15, -0.1) is 0 Å². The number of benzene rings is 3. The number of halogens is 2. The molecule has 2 amide bonds. The Morgan fingerprint density at radius 1 is 0.966 bits per heavy atom. The zero-order valence-corrected chi connectivity index (χ0v) is 16.3. The first-order valence-corrected chi connectivity index (χ1v) is 9.11. The minimum absolute atomic E-state index is 0.0812. The SMILES string of the molecule is COc1ccc(CC(=O)Nc2cccc(C(=O)Nc3ccc(F)c(Cl)c3)c2)cc1. The van der Waals surface area contributed by atoms with Crippen LogP contribution in [-0.2, 0) is 11.2 Å². The Morgan fingerprint density at radius 3 is 2.38 bits per heavy atom. The molecule has 0 radical (unpaired) electrons. The Bertz CT molecular complexity index is 1040. The number of ether oxygens (including phenoxy) is 1. The minimum Gasteiger partial charge on any atom is -0.497 e. The van der Waals surface area contributed by atoms with Gasteiger partial charge in [-0.25, -0.2) is 4.39 Å². The van der Waals surface area contributed by atoms with Crippen molar-refractivity contribution in [1.82, 2.24) is 0 Å². The van der Waals surface area contributed by atoms with E-state index in [0.29, 0.717) is 16.9 Å². The number of nitrogens with one attached hydrogen (secondary N) is 2. The molecule has 3 aromatic carbocycles. The van der Waals surface area contributed by atoms with E-state index >= 15 is 0 Å². The fourth-order valence-corrected chi connectivity index (χ4v) is 2.83. The van der Waals surface area contributed by atoms with Gasteiger partial charge in [-0.2, -0.15) is 0 Å². The molecule has 148 valence electrons. The Hall–Kier alpha value is -3.38. The summed E-state index contributed by atoms with van der Waals surface area (Å²) < 4.78 is 18.3. The molecule has 0 saturated carbocycles. The van der Waals surface area contributed by atoms with Crippen molar-refractivity contribution in [2.75, 3.05) is 17.7 Å². The van der Waals surface area contributed by atoms with Crippen LogP contribution in [-0.4, -0.2) is 18.9 Å². The van der Waals surface area contributed by atoms with Gasteiger partial charge in [-0.05, 0) is 54.1 Å². The van der Waals surface area contributed by atoms with Crippen LogP contribution in [0.2, 0.25) is 5.02 Å². The number of methoxy groups -OCH3 is 1. The number of amides is 2. The van der Waals surface area contributed by atoms with Crippen LogP contribution in [0.3, 0.4) is 0 Å². The van der Waals surface area contributed by atoms with Crippen LogP contribution in [0.1, 0.15) is 15.9 Å². The monoisotopic (exact) mass is 412 g/mol. The van der Waals surface area contributed by atoms with Gasteiger partial charge in [0.25, 0.3) is 5.91 Å². The Morgan fingerprint density at radius 2 is 1.69 bits per heavy atom. The number of carbonyl (C=O) groups is 2. The molecular weight excluding hydrogens is 395 g/mol. The number of hydrogen-bond donors (Lipinski definition) is 2. The highest BCUT2D eigenvalue weighted by Crippen LogP contribution is 2.20. The van der Waals surface area contributed by atoms with Crippen molar-refractivity contribution in [2.45, 2.75) is 6.42 Å². The molecule has 0 aliphatic heterocycles. The van der Waals surface area contributed by atoms with Crippen LogP contribution in [0.15, 0.2) is 66.7 Å². The lowest BCUT2D eigenvalue weighted by molar-refractivity contribution is -0.115.